The largest absolute Gasteiger partial charge is 0.465 e. The Morgan fingerprint density at radius 1 is 0.692 bits per heavy atom. The van der Waals surface area contributed by atoms with Crippen LogP contribution in [0.4, 0.5) is 11.4 Å². The van der Waals surface area contributed by atoms with Crippen molar-refractivity contribution in [2.75, 3.05) is 57.3 Å². The number of allylic oxidation sites excluding steroid dienone is 2. The smallest absolute Gasteiger partial charge is 0.355 e. The molecule has 10 nitrogen and oxygen atoms in total. The Labute approximate surface area is 226 Å². The van der Waals surface area contributed by atoms with Gasteiger partial charge in [-0.15, -0.1) is 0 Å². The number of nitrogens with zero attached hydrogens (tertiary/aromatic N) is 3. The summed E-state index contributed by atoms with van der Waals surface area (Å²) in [5, 5.41) is 0. The highest BCUT2D eigenvalue weighted by molar-refractivity contribution is 6.06. The van der Waals surface area contributed by atoms with E-state index in [1.54, 1.807) is 53.6 Å². The van der Waals surface area contributed by atoms with Gasteiger partial charge in [-0.3, -0.25) is 4.79 Å². The van der Waals surface area contributed by atoms with Gasteiger partial charge in [0.25, 0.3) is 5.91 Å². The van der Waals surface area contributed by atoms with Crippen LogP contribution in [0.25, 0.3) is 0 Å². The molecule has 39 heavy (non-hydrogen) atoms. The summed E-state index contributed by atoms with van der Waals surface area (Å²) in [6.07, 6.45) is 6.33. The summed E-state index contributed by atoms with van der Waals surface area (Å²) in [6, 6.07) is 14.1. The molecule has 1 saturated heterocycles. The third-order valence-electron chi connectivity index (χ3n) is 6.47. The number of rotatable bonds is 6. The first-order valence-electron chi connectivity index (χ1n) is 12.3. The number of hydrogen-bond donors (Lipinski definition) is 0. The Morgan fingerprint density at radius 3 is 2.00 bits per heavy atom. The first kappa shape index (κ1) is 27.2. The molecule has 0 bridgehead atoms. The molecule has 1 fully saturated rings. The number of benzene rings is 2. The summed E-state index contributed by atoms with van der Waals surface area (Å²) in [5.41, 5.74) is 1.93. The van der Waals surface area contributed by atoms with Crippen LogP contribution >= 0.6 is 0 Å². The van der Waals surface area contributed by atoms with Crippen molar-refractivity contribution in [3.8, 4) is 0 Å². The normalized spacial score (nSPS) is 15.1. The monoisotopic (exact) mass is 531 g/mol. The van der Waals surface area contributed by atoms with Crippen LogP contribution < -0.4 is 9.80 Å². The highest BCUT2D eigenvalue weighted by Gasteiger charge is 2.31. The number of amides is 1. The number of piperazine rings is 1. The van der Waals surface area contributed by atoms with Gasteiger partial charge in [0, 0.05) is 37.9 Å². The quantitative estimate of drug-likeness (QED) is 0.411. The molecule has 1 amide bonds. The van der Waals surface area contributed by atoms with E-state index in [2.05, 4.69) is 4.90 Å². The van der Waals surface area contributed by atoms with Gasteiger partial charge in [-0.2, -0.15) is 0 Å². The molecule has 2 aliphatic rings. The van der Waals surface area contributed by atoms with Gasteiger partial charge >= 0.3 is 17.9 Å². The minimum atomic E-state index is -0.765. The van der Waals surface area contributed by atoms with E-state index < -0.39 is 17.9 Å². The van der Waals surface area contributed by atoms with Crippen molar-refractivity contribution in [1.82, 2.24) is 4.90 Å². The van der Waals surface area contributed by atoms with Crippen LogP contribution in [0.5, 0.6) is 0 Å². The minimum Gasteiger partial charge on any atom is -0.465 e. The Kier molecular flexibility index (Phi) is 8.45. The predicted octanol–water partition coefficient (Wildman–Crippen LogP) is 2.93. The molecule has 0 N–H and O–H groups in total. The van der Waals surface area contributed by atoms with Crippen molar-refractivity contribution in [2.24, 2.45) is 0 Å². The third-order valence-corrected chi connectivity index (χ3v) is 6.47. The SMILES string of the molecule is COC(=O)C1=C(C(=O)OC)N(c2cc(C(=O)OC)ccc2N2CCN(C(=O)c3ccccc3)CC2)C=CC=C1. The van der Waals surface area contributed by atoms with E-state index in [1.165, 1.54) is 32.3 Å². The van der Waals surface area contributed by atoms with Gasteiger partial charge in [-0.1, -0.05) is 24.3 Å². The Bertz CT molecular complexity index is 1360. The lowest BCUT2D eigenvalue weighted by molar-refractivity contribution is -0.139. The van der Waals surface area contributed by atoms with Crippen LogP contribution in [0, 0.1) is 0 Å². The van der Waals surface area contributed by atoms with Crippen LogP contribution in [0.1, 0.15) is 20.7 Å². The van der Waals surface area contributed by atoms with Crippen molar-refractivity contribution in [2.45, 2.75) is 0 Å². The molecule has 10 heteroatoms. The number of ether oxygens (including phenoxy) is 3. The Balaban J connectivity index is 1.74. The molecule has 0 spiro atoms. The van der Waals surface area contributed by atoms with Crippen molar-refractivity contribution < 1.29 is 33.4 Å². The van der Waals surface area contributed by atoms with Gasteiger partial charge in [0.2, 0.25) is 0 Å². The summed E-state index contributed by atoms with van der Waals surface area (Å²) in [5.74, 6) is -2.09. The maximum absolute atomic E-state index is 13.0. The van der Waals surface area contributed by atoms with E-state index in [4.69, 9.17) is 14.2 Å². The highest BCUT2D eigenvalue weighted by Crippen LogP contribution is 2.36. The predicted molar refractivity (Wildman–Crippen MR) is 144 cm³/mol. The molecule has 0 aliphatic carbocycles. The molecule has 2 heterocycles. The Morgan fingerprint density at radius 2 is 1.36 bits per heavy atom. The summed E-state index contributed by atoms with van der Waals surface area (Å²) >= 11 is 0. The lowest BCUT2D eigenvalue weighted by Gasteiger charge is -2.38. The van der Waals surface area contributed by atoms with Crippen LogP contribution in [0.3, 0.4) is 0 Å². The van der Waals surface area contributed by atoms with Gasteiger partial charge in [-0.25, -0.2) is 14.4 Å². The third kappa shape index (κ3) is 5.69. The molecular weight excluding hydrogens is 502 g/mol. The zero-order valence-corrected chi connectivity index (χ0v) is 22.0. The Hall–Kier alpha value is -4.86. The first-order chi connectivity index (χ1) is 18.9. The molecular formula is C29H29N3O7. The standard InChI is InChI=1S/C29H29N3O7/c1-37-27(34)21-12-13-23(30-15-17-31(18-16-30)26(33)20-9-5-4-6-10-20)24(19-21)32-14-8-7-11-22(28(35)38-2)25(32)29(36)39-3/h4-14,19H,15-18H2,1-3H3. The molecule has 202 valence electrons. The molecule has 0 saturated carbocycles. The van der Waals surface area contributed by atoms with Crippen molar-refractivity contribution >= 4 is 35.2 Å². The lowest BCUT2D eigenvalue weighted by atomic mass is 10.1. The van der Waals surface area contributed by atoms with Crippen molar-refractivity contribution in [3.63, 3.8) is 0 Å². The molecule has 2 aromatic carbocycles. The second-order valence-corrected chi connectivity index (χ2v) is 8.66. The first-order valence-corrected chi connectivity index (χ1v) is 12.3. The molecule has 0 radical (unpaired) electrons. The number of carbonyl (C=O) groups excluding carboxylic acids is 4. The fraction of sp³-hybridized carbons (Fsp3) is 0.241. The second-order valence-electron chi connectivity index (χ2n) is 8.66. The van der Waals surface area contributed by atoms with Crippen molar-refractivity contribution in [3.05, 3.63) is 95.4 Å². The molecule has 4 rings (SSSR count). The second kappa shape index (κ2) is 12.1. The van der Waals surface area contributed by atoms with Crippen molar-refractivity contribution in [1.29, 1.82) is 0 Å². The number of carbonyl (C=O) groups is 4. The molecule has 2 aliphatic heterocycles. The maximum atomic E-state index is 13.0. The number of hydrogen-bond acceptors (Lipinski definition) is 9. The number of anilines is 2. The minimum absolute atomic E-state index is 0.0120. The lowest BCUT2D eigenvalue weighted by Crippen LogP contribution is -2.49. The average molecular weight is 532 g/mol. The van der Waals surface area contributed by atoms with E-state index in [9.17, 15) is 19.2 Å². The molecule has 0 aromatic heterocycles. The molecule has 2 aromatic rings. The summed E-state index contributed by atoms with van der Waals surface area (Å²) in [7, 11) is 3.72. The van der Waals surface area contributed by atoms with Gasteiger partial charge in [0.05, 0.1) is 43.8 Å². The summed E-state index contributed by atoms with van der Waals surface area (Å²) in [6.45, 7) is 1.94. The summed E-state index contributed by atoms with van der Waals surface area (Å²) < 4.78 is 14.9. The van der Waals surface area contributed by atoms with Gasteiger partial charge in [0.1, 0.15) is 5.70 Å². The fourth-order valence-electron chi connectivity index (χ4n) is 4.49. The van der Waals surface area contributed by atoms with E-state index in [-0.39, 0.29) is 22.7 Å². The van der Waals surface area contributed by atoms with Gasteiger partial charge in [0.15, 0.2) is 0 Å². The maximum Gasteiger partial charge on any atom is 0.355 e. The molecule has 0 atom stereocenters. The highest BCUT2D eigenvalue weighted by atomic mass is 16.5. The van der Waals surface area contributed by atoms with Gasteiger partial charge in [-0.05, 0) is 42.5 Å². The van der Waals surface area contributed by atoms with Crippen LogP contribution in [-0.2, 0) is 23.8 Å². The van der Waals surface area contributed by atoms with E-state index in [0.717, 1.165) is 0 Å². The van der Waals surface area contributed by atoms with Crippen LogP contribution in [-0.4, -0.2) is 76.2 Å². The zero-order chi connectivity index (χ0) is 27.9. The summed E-state index contributed by atoms with van der Waals surface area (Å²) in [4.78, 5) is 56.4. The fourth-order valence-corrected chi connectivity index (χ4v) is 4.49. The van der Waals surface area contributed by atoms with E-state index >= 15 is 0 Å². The average Bonchev–Trinajstić information content (AvgIpc) is 3.23. The van der Waals surface area contributed by atoms with E-state index in [1.807, 2.05) is 18.2 Å². The number of methoxy groups -OCH3 is 3. The zero-order valence-electron chi connectivity index (χ0n) is 22.0. The van der Waals surface area contributed by atoms with Gasteiger partial charge < -0.3 is 28.9 Å². The van der Waals surface area contributed by atoms with Crippen LogP contribution in [0.2, 0.25) is 0 Å². The number of esters is 3. The topological polar surface area (TPSA) is 106 Å². The van der Waals surface area contributed by atoms with E-state index in [0.29, 0.717) is 43.1 Å². The molecule has 0 unspecified atom stereocenters. The van der Waals surface area contributed by atoms with Crippen LogP contribution in [0.15, 0.2) is 84.2 Å².